The summed E-state index contributed by atoms with van der Waals surface area (Å²) in [6.45, 7) is 3.63. The van der Waals surface area contributed by atoms with E-state index in [4.69, 9.17) is 4.74 Å². The van der Waals surface area contributed by atoms with Crippen molar-refractivity contribution in [1.29, 1.82) is 0 Å². The van der Waals surface area contributed by atoms with Gasteiger partial charge >= 0.3 is 0 Å². The Balaban J connectivity index is 1.59. The zero-order valence-electron chi connectivity index (χ0n) is 11.6. The summed E-state index contributed by atoms with van der Waals surface area (Å²) in [7, 11) is 0. The minimum atomic E-state index is -0.0733. The molecule has 1 aliphatic heterocycles. The summed E-state index contributed by atoms with van der Waals surface area (Å²) < 4.78 is 5.32. The molecule has 21 heavy (non-hydrogen) atoms. The van der Waals surface area contributed by atoms with Crippen LogP contribution in [0, 0.1) is 0 Å². The molecule has 1 aliphatic rings. The highest BCUT2D eigenvalue weighted by Gasteiger charge is 2.17. The number of aromatic nitrogens is 1. The number of anilines is 1. The number of morpholine rings is 1. The van der Waals surface area contributed by atoms with Crippen LogP contribution in [0.4, 0.5) is 5.13 Å². The van der Waals surface area contributed by atoms with Crippen LogP contribution in [0.25, 0.3) is 0 Å². The Morgan fingerprint density at radius 1 is 1.29 bits per heavy atom. The van der Waals surface area contributed by atoms with Gasteiger partial charge in [-0.05, 0) is 5.56 Å². The van der Waals surface area contributed by atoms with Gasteiger partial charge in [-0.15, -0.1) is 0 Å². The third kappa shape index (κ3) is 3.59. The fraction of sp³-hybridized carbons (Fsp3) is 0.333. The van der Waals surface area contributed by atoms with E-state index in [1.54, 1.807) is 6.20 Å². The van der Waals surface area contributed by atoms with Crippen molar-refractivity contribution in [2.24, 2.45) is 0 Å². The van der Waals surface area contributed by atoms with Gasteiger partial charge in [-0.1, -0.05) is 41.7 Å². The van der Waals surface area contributed by atoms with Crippen molar-refractivity contribution in [3.05, 3.63) is 47.0 Å². The Morgan fingerprint density at radius 2 is 2.05 bits per heavy atom. The molecule has 0 aliphatic carbocycles. The van der Waals surface area contributed by atoms with E-state index in [1.807, 2.05) is 30.3 Å². The third-order valence-corrected chi connectivity index (χ3v) is 4.35. The van der Waals surface area contributed by atoms with Gasteiger partial charge in [0.05, 0.1) is 19.4 Å². The highest BCUT2D eigenvalue weighted by Crippen LogP contribution is 2.23. The maximum atomic E-state index is 12.1. The van der Waals surface area contributed by atoms with Crippen LogP contribution >= 0.6 is 11.3 Å². The Hall–Kier alpha value is -1.92. The average molecular weight is 303 g/mol. The molecular weight excluding hydrogens is 286 g/mol. The molecule has 1 aromatic heterocycles. The van der Waals surface area contributed by atoms with E-state index in [0.29, 0.717) is 11.4 Å². The molecule has 0 atom stereocenters. The zero-order valence-corrected chi connectivity index (χ0v) is 12.4. The van der Waals surface area contributed by atoms with Crippen LogP contribution in [0.2, 0.25) is 0 Å². The molecule has 2 heterocycles. The minimum Gasteiger partial charge on any atom is -0.378 e. The summed E-state index contributed by atoms with van der Waals surface area (Å²) >= 11 is 1.43. The van der Waals surface area contributed by atoms with E-state index in [9.17, 15) is 4.79 Å². The molecule has 0 unspecified atom stereocenters. The minimum absolute atomic E-state index is 0.0733. The van der Waals surface area contributed by atoms with E-state index in [1.165, 1.54) is 11.3 Å². The molecule has 0 bridgehead atoms. The summed E-state index contributed by atoms with van der Waals surface area (Å²) in [4.78, 5) is 19.3. The van der Waals surface area contributed by atoms with Gasteiger partial charge in [-0.3, -0.25) is 4.79 Å². The number of hydrogen-bond acceptors (Lipinski definition) is 5. The van der Waals surface area contributed by atoms with Crippen molar-refractivity contribution in [2.45, 2.75) is 6.54 Å². The van der Waals surface area contributed by atoms with Gasteiger partial charge in [-0.2, -0.15) is 0 Å². The number of carbonyl (C=O) groups excluding carboxylic acids is 1. The van der Waals surface area contributed by atoms with Crippen LogP contribution < -0.4 is 10.2 Å². The van der Waals surface area contributed by atoms with E-state index in [0.717, 1.165) is 37.0 Å². The predicted molar refractivity (Wildman–Crippen MR) is 82.8 cm³/mol. The van der Waals surface area contributed by atoms with Crippen LogP contribution in [0.1, 0.15) is 15.2 Å². The lowest BCUT2D eigenvalue weighted by molar-refractivity contribution is 0.0954. The molecule has 1 N–H and O–H groups in total. The summed E-state index contributed by atoms with van der Waals surface area (Å²) in [5, 5.41) is 3.81. The summed E-state index contributed by atoms with van der Waals surface area (Å²) in [6.07, 6.45) is 1.65. The number of nitrogens with one attached hydrogen (secondary N) is 1. The van der Waals surface area contributed by atoms with E-state index >= 15 is 0 Å². The molecule has 1 saturated heterocycles. The first-order valence-corrected chi connectivity index (χ1v) is 7.75. The average Bonchev–Trinajstić information content (AvgIpc) is 3.04. The van der Waals surface area contributed by atoms with Crippen molar-refractivity contribution in [3.63, 3.8) is 0 Å². The number of amides is 1. The topological polar surface area (TPSA) is 54.5 Å². The highest BCUT2D eigenvalue weighted by molar-refractivity contribution is 7.17. The molecule has 0 spiro atoms. The number of rotatable bonds is 4. The molecule has 1 fully saturated rings. The number of hydrogen-bond donors (Lipinski definition) is 1. The van der Waals surface area contributed by atoms with Crippen LogP contribution in [0.5, 0.6) is 0 Å². The first-order valence-electron chi connectivity index (χ1n) is 6.93. The SMILES string of the molecule is O=C(NCc1ccccc1)c1cnc(N2CCOCC2)s1. The van der Waals surface area contributed by atoms with Gasteiger partial charge < -0.3 is 15.0 Å². The molecule has 1 aromatic carbocycles. The molecule has 0 radical (unpaired) electrons. The summed E-state index contributed by atoms with van der Waals surface area (Å²) in [5.74, 6) is -0.0733. The van der Waals surface area contributed by atoms with Crippen LogP contribution in [0.15, 0.2) is 36.5 Å². The molecule has 1 amide bonds. The fourth-order valence-electron chi connectivity index (χ4n) is 2.14. The second-order valence-corrected chi connectivity index (χ2v) is 5.78. The van der Waals surface area contributed by atoms with E-state index < -0.39 is 0 Å². The monoisotopic (exact) mass is 303 g/mol. The van der Waals surface area contributed by atoms with Crippen LogP contribution in [-0.2, 0) is 11.3 Å². The lowest BCUT2D eigenvalue weighted by Crippen LogP contribution is -2.36. The van der Waals surface area contributed by atoms with Gasteiger partial charge in [0.2, 0.25) is 0 Å². The Morgan fingerprint density at radius 3 is 2.81 bits per heavy atom. The standard InChI is InChI=1S/C15H17N3O2S/c19-14(16-10-12-4-2-1-3-5-12)13-11-17-15(21-13)18-6-8-20-9-7-18/h1-5,11H,6-10H2,(H,16,19). The fourth-order valence-corrected chi connectivity index (χ4v) is 3.02. The number of carbonyl (C=O) groups is 1. The normalized spacial score (nSPS) is 15.0. The van der Waals surface area contributed by atoms with Crippen molar-refractivity contribution >= 4 is 22.4 Å². The van der Waals surface area contributed by atoms with Crippen molar-refractivity contribution < 1.29 is 9.53 Å². The number of benzene rings is 1. The highest BCUT2D eigenvalue weighted by atomic mass is 32.1. The van der Waals surface area contributed by atoms with E-state index in [-0.39, 0.29) is 5.91 Å². The Kier molecular flexibility index (Phi) is 4.47. The van der Waals surface area contributed by atoms with Crippen molar-refractivity contribution in [1.82, 2.24) is 10.3 Å². The molecule has 0 saturated carbocycles. The summed E-state index contributed by atoms with van der Waals surface area (Å²) in [5.41, 5.74) is 1.09. The largest absolute Gasteiger partial charge is 0.378 e. The second kappa shape index (κ2) is 6.69. The predicted octanol–water partition coefficient (Wildman–Crippen LogP) is 1.91. The Bertz CT molecular complexity index is 594. The molecule has 110 valence electrons. The van der Waals surface area contributed by atoms with Crippen molar-refractivity contribution in [2.75, 3.05) is 31.2 Å². The lowest BCUT2D eigenvalue weighted by Gasteiger charge is -2.25. The maximum Gasteiger partial charge on any atom is 0.263 e. The molecular formula is C15H17N3O2S. The number of thiazole rings is 1. The number of ether oxygens (including phenoxy) is 1. The second-order valence-electron chi connectivity index (χ2n) is 4.77. The first kappa shape index (κ1) is 14.0. The van der Waals surface area contributed by atoms with Crippen LogP contribution in [0.3, 0.4) is 0 Å². The summed E-state index contributed by atoms with van der Waals surface area (Å²) in [6, 6.07) is 9.87. The quantitative estimate of drug-likeness (QED) is 0.937. The maximum absolute atomic E-state index is 12.1. The van der Waals surface area contributed by atoms with Gasteiger partial charge in [-0.25, -0.2) is 4.98 Å². The molecule has 6 heteroatoms. The van der Waals surface area contributed by atoms with Gasteiger partial charge in [0.1, 0.15) is 4.88 Å². The molecule has 3 rings (SSSR count). The van der Waals surface area contributed by atoms with Gasteiger partial charge in [0.25, 0.3) is 5.91 Å². The lowest BCUT2D eigenvalue weighted by atomic mass is 10.2. The van der Waals surface area contributed by atoms with Gasteiger partial charge in [0.15, 0.2) is 5.13 Å². The van der Waals surface area contributed by atoms with Gasteiger partial charge in [0, 0.05) is 19.6 Å². The molecule has 5 nitrogen and oxygen atoms in total. The van der Waals surface area contributed by atoms with Crippen molar-refractivity contribution in [3.8, 4) is 0 Å². The van der Waals surface area contributed by atoms with Crippen LogP contribution in [-0.4, -0.2) is 37.2 Å². The number of nitrogens with zero attached hydrogens (tertiary/aromatic N) is 2. The Labute approximate surface area is 127 Å². The molecule has 2 aromatic rings. The zero-order chi connectivity index (χ0) is 14.5. The first-order chi connectivity index (χ1) is 10.3. The van der Waals surface area contributed by atoms with E-state index in [2.05, 4.69) is 15.2 Å². The smallest absolute Gasteiger partial charge is 0.263 e. The third-order valence-electron chi connectivity index (χ3n) is 3.29.